The van der Waals surface area contributed by atoms with Crippen LogP contribution in [0.2, 0.25) is 0 Å². The fourth-order valence-corrected chi connectivity index (χ4v) is 3.97. The Morgan fingerprint density at radius 3 is 2.66 bits per heavy atom. The molecule has 1 atom stereocenters. The van der Waals surface area contributed by atoms with Crippen LogP contribution in [-0.4, -0.2) is 31.1 Å². The van der Waals surface area contributed by atoms with Crippen molar-refractivity contribution in [1.82, 2.24) is 14.8 Å². The minimum absolute atomic E-state index is 0.0848. The van der Waals surface area contributed by atoms with Crippen molar-refractivity contribution in [2.45, 2.75) is 37.1 Å². The topological polar surface area (TPSA) is 76.9 Å². The summed E-state index contributed by atoms with van der Waals surface area (Å²) in [5.41, 5.74) is 1.15. The fraction of sp³-hybridized carbons (Fsp3) is 0.286. The number of nitrogens with zero attached hydrogens (tertiary/aromatic N) is 3. The van der Waals surface area contributed by atoms with E-state index in [0.717, 1.165) is 38.1 Å². The molecule has 2 aromatic carbocycles. The van der Waals surface area contributed by atoms with Gasteiger partial charge in [0, 0.05) is 46.0 Å². The Labute approximate surface area is 170 Å². The van der Waals surface area contributed by atoms with E-state index in [-0.39, 0.29) is 5.69 Å². The zero-order valence-corrected chi connectivity index (χ0v) is 16.8. The maximum absolute atomic E-state index is 14.4. The smallest absolute Gasteiger partial charge is 0.255 e. The zero-order chi connectivity index (χ0) is 20.4. The molecule has 29 heavy (non-hydrogen) atoms. The fourth-order valence-electron chi connectivity index (χ4n) is 3.45. The molecule has 1 N–H and O–H groups in total. The number of hydrogen-bond donors (Lipinski definition) is 1. The van der Waals surface area contributed by atoms with Crippen LogP contribution in [0.5, 0.6) is 0 Å². The number of amides is 1. The van der Waals surface area contributed by atoms with E-state index in [1.54, 1.807) is 42.7 Å². The van der Waals surface area contributed by atoms with E-state index >= 15 is 0 Å². The van der Waals surface area contributed by atoms with Gasteiger partial charge in [0.2, 0.25) is 0 Å². The number of fused-ring (bicyclic) bond motifs is 1. The van der Waals surface area contributed by atoms with Crippen LogP contribution in [0.25, 0.3) is 11.4 Å². The summed E-state index contributed by atoms with van der Waals surface area (Å²) in [6.45, 7) is 0.835. The summed E-state index contributed by atoms with van der Waals surface area (Å²) in [7, 11) is -1.12. The number of rotatable bonds is 4. The quantitative estimate of drug-likeness (QED) is 0.707. The first kappa shape index (κ1) is 19.4. The lowest BCUT2D eigenvalue weighted by Gasteiger charge is -2.11. The molecule has 150 valence electrons. The predicted molar refractivity (Wildman–Crippen MR) is 110 cm³/mol. The van der Waals surface area contributed by atoms with Crippen molar-refractivity contribution in [3.05, 3.63) is 59.7 Å². The van der Waals surface area contributed by atoms with E-state index in [2.05, 4.69) is 20.1 Å². The molecule has 0 spiro atoms. The largest absolute Gasteiger partial charge is 0.319 e. The number of carbonyl (C=O) groups excluding carboxylic acids is 1. The second-order valence-electron chi connectivity index (χ2n) is 7.03. The van der Waals surface area contributed by atoms with Crippen molar-refractivity contribution >= 4 is 22.4 Å². The second-order valence-corrected chi connectivity index (χ2v) is 8.41. The molecule has 0 aliphatic carbocycles. The SMILES string of the molecule is CS(=O)c1ccc(C(=O)Nc2cc(-c3nnc4n3CCCCC4)ccc2F)cc1. The van der Waals surface area contributed by atoms with Crippen molar-refractivity contribution in [3.63, 3.8) is 0 Å². The first-order valence-corrected chi connectivity index (χ1v) is 11.1. The van der Waals surface area contributed by atoms with E-state index in [1.807, 2.05) is 0 Å². The highest BCUT2D eigenvalue weighted by Crippen LogP contribution is 2.27. The van der Waals surface area contributed by atoms with Crippen LogP contribution in [0, 0.1) is 5.82 Å². The minimum Gasteiger partial charge on any atom is -0.319 e. The number of hydrogen-bond acceptors (Lipinski definition) is 4. The Bertz CT molecular complexity index is 1080. The van der Waals surface area contributed by atoms with Gasteiger partial charge in [-0.3, -0.25) is 9.00 Å². The zero-order valence-electron chi connectivity index (χ0n) is 16.0. The molecule has 2 heterocycles. The third-order valence-corrected chi connectivity index (χ3v) is 5.97. The first-order valence-electron chi connectivity index (χ1n) is 9.50. The van der Waals surface area contributed by atoms with Crippen LogP contribution in [0.15, 0.2) is 47.4 Å². The third-order valence-electron chi connectivity index (χ3n) is 5.03. The molecular weight excluding hydrogens is 391 g/mol. The average molecular weight is 412 g/mol. The molecule has 1 aromatic heterocycles. The first-order chi connectivity index (χ1) is 14.0. The Hall–Kier alpha value is -2.87. The maximum Gasteiger partial charge on any atom is 0.255 e. The molecule has 0 saturated carbocycles. The lowest BCUT2D eigenvalue weighted by molar-refractivity contribution is 0.102. The highest BCUT2D eigenvalue weighted by molar-refractivity contribution is 7.84. The van der Waals surface area contributed by atoms with Gasteiger partial charge in [-0.25, -0.2) is 4.39 Å². The third kappa shape index (κ3) is 4.12. The van der Waals surface area contributed by atoms with Crippen LogP contribution in [0.3, 0.4) is 0 Å². The molecule has 3 aromatic rings. The van der Waals surface area contributed by atoms with E-state index in [1.165, 1.54) is 6.07 Å². The highest BCUT2D eigenvalue weighted by Gasteiger charge is 2.18. The number of carbonyl (C=O) groups is 1. The minimum atomic E-state index is -1.12. The van der Waals surface area contributed by atoms with Gasteiger partial charge in [0.1, 0.15) is 11.6 Å². The Kier molecular flexibility index (Phi) is 5.53. The van der Waals surface area contributed by atoms with Crippen LogP contribution in [0.1, 0.15) is 35.4 Å². The van der Waals surface area contributed by atoms with Crippen molar-refractivity contribution in [2.24, 2.45) is 0 Å². The van der Waals surface area contributed by atoms with Crippen LogP contribution < -0.4 is 5.32 Å². The standard InChI is InChI=1S/C21H21FN4O2S/c1-29(28)16-9-6-14(7-10-16)21(27)23-18-13-15(8-11-17(18)22)20-25-24-19-5-3-2-4-12-26(19)20/h6-11,13H,2-5,12H2,1H3,(H,23,27). The summed E-state index contributed by atoms with van der Waals surface area (Å²) in [5, 5.41) is 11.2. The Morgan fingerprint density at radius 2 is 1.90 bits per heavy atom. The summed E-state index contributed by atoms with van der Waals surface area (Å²) in [6, 6.07) is 11.0. The molecule has 1 aliphatic heterocycles. The molecule has 1 amide bonds. The number of anilines is 1. The predicted octanol–water partition coefficient (Wildman–Crippen LogP) is 3.80. The van der Waals surface area contributed by atoms with Gasteiger partial charge in [-0.1, -0.05) is 6.42 Å². The number of aryl methyl sites for hydroxylation is 1. The van der Waals surface area contributed by atoms with Gasteiger partial charge in [0.05, 0.1) is 5.69 Å². The molecular formula is C21H21FN4O2S. The van der Waals surface area contributed by atoms with Crippen LogP contribution in [0.4, 0.5) is 10.1 Å². The van der Waals surface area contributed by atoms with Crippen molar-refractivity contribution in [3.8, 4) is 11.4 Å². The molecule has 1 aliphatic rings. The summed E-state index contributed by atoms with van der Waals surface area (Å²) in [4.78, 5) is 13.2. The van der Waals surface area contributed by atoms with Gasteiger partial charge in [0.15, 0.2) is 5.82 Å². The van der Waals surface area contributed by atoms with Crippen LogP contribution >= 0.6 is 0 Å². The lowest BCUT2D eigenvalue weighted by Crippen LogP contribution is -2.13. The van der Waals surface area contributed by atoms with Gasteiger partial charge in [-0.15, -0.1) is 10.2 Å². The van der Waals surface area contributed by atoms with Gasteiger partial charge in [0.25, 0.3) is 5.91 Å². The van der Waals surface area contributed by atoms with Gasteiger partial charge >= 0.3 is 0 Å². The van der Waals surface area contributed by atoms with E-state index in [9.17, 15) is 13.4 Å². The molecule has 1 unspecified atom stereocenters. The summed E-state index contributed by atoms with van der Waals surface area (Å²) in [5.74, 6) is 0.673. The van der Waals surface area contributed by atoms with Crippen molar-refractivity contribution in [2.75, 3.05) is 11.6 Å². The Morgan fingerprint density at radius 1 is 1.10 bits per heavy atom. The normalized spacial score (nSPS) is 14.7. The highest BCUT2D eigenvalue weighted by atomic mass is 32.2. The summed E-state index contributed by atoms with van der Waals surface area (Å²) >= 11 is 0. The van der Waals surface area contributed by atoms with E-state index in [4.69, 9.17) is 0 Å². The summed E-state index contributed by atoms with van der Waals surface area (Å²) < 4.78 is 27.9. The number of aromatic nitrogens is 3. The number of benzene rings is 2. The molecule has 4 rings (SSSR count). The van der Waals surface area contributed by atoms with E-state index < -0.39 is 22.5 Å². The molecule has 0 fully saturated rings. The second kappa shape index (κ2) is 8.24. The Balaban J connectivity index is 1.60. The van der Waals surface area contributed by atoms with Crippen molar-refractivity contribution in [1.29, 1.82) is 0 Å². The molecule has 0 radical (unpaired) electrons. The van der Waals surface area contributed by atoms with Crippen molar-refractivity contribution < 1.29 is 13.4 Å². The monoisotopic (exact) mass is 412 g/mol. The lowest BCUT2D eigenvalue weighted by atomic mass is 10.1. The van der Waals surface area contributed by atoms with Gasteiger partial charge in [-0.2, -0.15) is 0 Å². The number of halogens is 1. The van der Waals surface area contributed by atoms with E-state index in [0.29, 0.717) is 21.8 Å². The van der Waals surface area contributed by atoms with Crippen LogP contribution in [-0.2, 0) is 23.8 Å². The molecule has 0 bridgehead atoms. The summed E-state index contributed by atoms with van der Waals surface area (Å²) in [6.07, 6.45) is 5.75. The van der Waals surface area contributed by atoms with Gasteiger partial charge < -0.3 is 9.88 Å². The number of nitrogens with one attached hydrogen (secondary N) is 1. The maximum atomic E-state index is 14.4. The molecule has 8 heteroatoms. The van der Waals surface area contributed by atoms with Gasteiger partial charge in [-0.05, 0) is 55.3 Å². The molecule has 0 saturated heterocycles. The molecule has 6 nitrogen and oxygen atoms in total. The average Bonchev–Trinajstić information content (AvgIpc) is 2.97.